The zero-order valence-electron chi connectivity index (χ0n) is 15.9. The molecule has 0 bridgehead atoms. The van der Waals surface area contributed by atoms with Gasteiger partial charge in [-0.3, -0.25) is 9.59 Å². The van der Waals surface area contributed by atoms with Crippen LogP contribution in [-0.2, 0) is 9.59 Å². The van der Waals surface area contributed by atoms with Crippen molar-refractivity contribution < 1.29 is 9.59 Å². The molecular formula is C20H31N3O2S. The summed E-state index contributed by atoms with van der Waals surface area (Å²) in [6, 6.07) is 7.69. The summed E-state index contributed by atoms with van der Waals surface area (Å²) < 4.78 is 0. The van der Waals surface area contributed by atoms with Crippen molar-refractivity contribution in [1.29, 1.82) is 0 Å². The van der Waals surface area contributed by atoms with E-state index in [1.807, 2.05) is 31.2 Å². The van der Waals surface area contributed by atoms with Crippen LogP contribution >= 0.6 is 11.8 Å². The van der Waals surface area contributed by atoms with Gasteiger partial charge >= 0.3 is 0 Å². The van der Waals surface area contributed by atoms with Crippen LogP contribution in [0.3, 0.4) is 0 Å². The molecule has 6 heteroatoms. The Labute approximate surface area is 161 Å². The molecule has 2 amide bonds. The Hall–Kier alpha value is -1.53. The fourth-order valence-electron chi connectivity index (χ4n) is 3.02. The van der Waals surface area contributed by atoms with Gasteiger partial charge in [0.05, 0.1) is 11.5 Å². The average molecular weight is 378 g/mol. The first-order valence-electron chi connectivity index (χ1n) is 9.46. The normalized spacial score (nSPS) is 15.6. The Bertz CT molecular complexity index is 586. The molecular weight excluding hydrogens is 346 g/mol. The highest BCUT2D eigenvalue weighted by Crippen LogP contribution is 2.15. The van der Waals surface area contributed by atoms with Gasteiger partial charge in [-0.1, -0.05) is 19.1 Å². The molecule has 144 valence electrons. The van der Waals surface area contributed by atoms with Crippen LogP contribution in [0, 0.1) is 12.8 Å². The Morgan fingerprint density at radius 3 is 2.65 bits per heavy atom. The number of nitrogens with one attached hydrogen (secondary N) is 2. The molecule has 0 aliphatic carbocycles. The summed E-state index contributed by atoms with van der Waals surface area (Å²) in [6.45, 7) is 8.43. The second-order valence-corrected chi connectivity index (χ2v) is 8.12. The van der Waals surface area contributed by atoms with Gasteiger partial charge in [-0.2, -0.15) is 0 Å². The first-order valence-corrected chi connectivity index (χ1v) is 10.6. The molecule has 1 heterocycles. The summed E-state index contributed by atoms with van der Waals surface area (Å²) in [5.41, 5.74) is 1.90. The fourth-order valence-corrected chi connectivity index (χ4v) is 3.67. The number of amides is 2. The van der Waals surface area contributed by atoms with Crippen molar-refractivity contribution in [3.05, 3.63) is 29.8 Å². The number of piperidine rings is 1. The van der Waals surface area contributed by atoms with Gasteiger partial charge in [-0.15, -0.1) is 11.8 Å². The molecule has 0 unspecified atom stereocenters. The van der Waals surface area contributed by atoms with Gasteiger partial charge in [0, 0.05) is 12.2 Å². The number of anilines is 1. The van der Waals surface area contributed by atoms with Crippen molar-refractivity contribution in [3.8, 4) is 0 Å². The molecule has 1 aromatic rings. The van der Waals surface area contributed by atoms with Crippen LogP contribution in [-0.4, -0.2) is 54.4 Å². The van der Waals surface area contributed by atoms with E-state index in [9.17, 15) is 9.59 Å². The second kappa shape index (κ2) is 11.2. The number of aryl methyl sites for hydroxylation is 1. The molecule has 1 saturated heterocycles. The molecule has 5 nitrogen and oxygen atoms in total. The minimum atomic E-state index is -0.0762. The number of likely N-dealkylation sites (tertiary alicyclic amines) is 1. The molecule has 2 N–H and O–H groups in total. The minimum Gasteiger partial charge on any atom is -0.355 e. The summed E-state index contributed by atoms with van der Waals surface area (Å²) >= 11 is 1.34. The van der Waals surface area contributed by atoms with Gasteiger partial charge in [-0.05, 0) is 69.4 Å². The number of carbonyl (C=O) groups is 2. The van der Waals surface area contributed by atoms with Crippen LogP contribution in [0.1, 0.15) is 31.7 Å². The minimum absolute atomic E-state index is 0.00521. The lowest BCUT2D eigenvalue weighted by molar-refractivity contribution is -0.118. The highest BCUT2D eigenvalue weighted by Gasteiger charge is 2.14. The van der Waals surface area contributed by atoms with Crippen molar-refractivity contribution in [3.63, 3.8) is 0 Å². The van der Waals surface area contributed by atoms with Crippen LogP contribution in [0.25, 0.3) is 0 Å². The van der Waals surface area contributed by atoms with Gasteiger partial charge in [-0.25, -0.2) is 0 Å². The quantitative estimate of drug-likeness (QED) is 0.650. The Morgan fingerprint density at radius 2 is 1.92 bits per heavy atom. The standard InChI is InChI=1S/C20H31N3O2S/c1-16-7-11-23(12-8-16)10-4-9-21-19(24)14-26-15-20(25)22-18-6-3-5-17(2)13-18/h3,5-6,13,16H,4,7-12,14-15H2,1-2H3,(H,21,24)(H,22,25). The second-order valence-electron chi connectivity index (χ2n) is 7.14. The lowest BCUT2D eigenvalue weighted by Gasteiger charge is -2.30. The van der Waals surface area contributed by atoms with Crippen molar-refractivity contribution in [2.45, 2.75) is 33.1 Å². The van der Waals surface area contributed by atoms with E-state index in [0.29, 0.717) is 12.3 Å². The smallest absolute Gasteiger partial charge is 0.234 e. The summed E-state index contributed by atoms with van der Waals surface area (Å²) in [6.07, 6.45) is 3.56. The van der Waals surface area contributed by atoms with Gasteiger partial charge in [0.1, 0.15) is 0 Å². The Morgan fingerprint density at radius 1 is 1.19 bits per heavy atom. The predicted molar refractivity (Wildman–Crippen MR) is 110 cm³/mol. The maximum atomic E-state index is 11.9. The van der Waals surface area contributed by atoms with E-state index in [-0.39, 0.29) is 17.6 Å². The van der Waals surface area contributed by atoms with Crippen molar-refractivity contribution >= 4 is 29.3 Å². The van der Waals surface area contributed by atoms with Crippen molar-refractivity contribution in [2.75, 3.05) is 43.0 Å². The number of carbonyl (C=O) groups excluding carboxylic acids is 2. The van der Waals surface area contributed by atoms with Crippen LogP contribution in [0.4, 0.5) is 5.69 Å². The lowest BCUT2D eigenvalue weighted by atomic mass is 9.99. The van der Waals surface area contributed by atoms with Crippen LogP contribution in [0.15, 0.2) is 24.3 Å². The van der Waals surface area contributed by atoms with Crippen LogP contribution < -0.4 is 10.6 Å². The van der Waals surface area contributed by atoms with E-state index >= 15 is 0 Å². The molecule has 0 aromatic heterocycles. The Kier molecular flexibility index (Phi) is 8.98. The number of thioether (sulfide) groups is 1. The third-order valence-corrected chi connectivity index (χ3v) is 5.55. The number of nitrogens with zero attached hydrogens (tertiary/aromatic N) is 1. The van der Waals surface area contributed by atoms with Gasteiger partial charge < -0.3 is 15.5 Å². The average Bonchev–Trinajstić information content (AvgIpc) is 2.60. The first-order chi connectivity index (χ1) is 12.5. The molecule has 26 heavy (non-hydrogen) atoms. The topological polar surface area (TPSA) is 61.4 Å². The fraction of sp³-hybridized carbons (Fsp3) is 0.600. The SMILES string of the molecule is Cc1cccc(NC(=O)CSCC(=O)NCCCN2CCC(C)CC2)c1. The van der Waals surface area contributed by atoms with E-state index in [1.165, 1.54) is 37.7 Å². The summed E-state index contributed by atoms with van der Waals surface area (Å²) in [5.74, 6) is 1.39. The van der Waals surface area contributed by atoms with Crippen molar-refractivity contribution in [2.24, 2.45) is 5.92 Å². The van der Waals surface area contributed by atoms with Crippen LogP contribution in [0.2, 0.25) is 0 Å². The summed E-state index contributed by atoms with van der Waals surface area (Å²) in [4.78, 5) is 26.2. The summed E-state index contributed by atoms with van der Waals surface area (Å²) in [5, 5.41) is 5.79. The van der Waals surface area contributed by atoms with Gasteiger partial charge in [0.2, 0.25) is 11.8 Å². The monoisotopic (exact) mass is 377 g/mol. The maximum Gasteiger partial charge on any atom is 0.234 e. The zero-order chi connectivity index (χ0) is 18.8. The zero-order valence-corrected chi connectivity index (χ0v) is 16.7. The Balaban J connectivity index is 1.50. The van der Waals surface area contributed by atoms with Gasteiger partial charge in [0.15, 0.2) is 0 Å². The number of rotatable bonds is 9. The summed E-state index contributed by atoms with van der Waals surface area (Å²) in [7, 11) is 0. The first kappa shape index (κ1) is 20.8. The molecule has 1 fully saturated rings. The van der Waals surface area contributed by atoms with E-state index in [1.54, 1.807) is 0 Å². The van der Waals surface area contributed by atoms with E-state index < -0.39 is 0 Å². The third-order valence-electron chi connectivity index (χ3n) is 4.62. The molecule has 0 spiro atoms. The largest absolute Gasteiger partial charge is 0.355 e. The number of hydrogen-bond donors (Lipinski definition) is 2. The van der Waals surface area contributed by atoms with Gasteiger partial charge in [0.25, 0.3) is 0 Å². The lowest BCUT2D eigenvalue weighted by Crippen LogP contribution is -2.35. The molecule has 0 radical (unpaired) electrons. The van der Waals surface area contributed by atoms with E-state index in [2.05, 4.69) is 22.5 Å². The van der Waals surface area contributed by atoms with E-state index in [0.717, 1.165) is 30.1 Å². The molecule has 0 saturated carbocycles. The third kappa shape index (κ3) is 8.23. The maximum absolute atomic E-state index is 11.9. The molecule has 0 atom stereocenters. The predicted octanol–water partition coefficient (Wildman–Crippen LogP) is 2.90. The molecule has 2 rings (SSSR count). The van der Waals surface area contributed by atoms with Crippen LogP contribution in [0.5, 0.6) is 0 Å². The molecule has 1 aromatic carbocycles. The number of benzene rings is 1. The highest BCUT2D eigenvalue weighted by molar-refractivity contribution is 8.00. The molecule has 1 aliphatic rings. The highest BCUT2D eigenvalue weighted by atomic mass is 32.2. The molecule has 1 aliphatic heterocycles. The number of hydrogen-bond acceptors (Lipinski definition) is 4. The van der Waals surface area contributed by atoms with E-state index in [4.69, 9.17) is 0 Å². The van der Waals surface area contributed by atoms with Crippen molar-refractivity contribution in [1.82, 2.24) is 10.2 Å².